The van der Waals surface area contributed by atoms with Gasteiger partial charge in [-0.05, 0) is 39.0 Å². The number of para-hydroxylation sites is 1. The maximum atomic E-state index is 10.2. The van der Waals surface area contributed by atoms with Crippen molar-refractivity contribution in [2.24, 2.45) is 0 Å². The Kier molecular flexibility index (Phi) is 3.39. The Morgan fingerprint density at radius 1 is 0.944 bits per heavy atom. The smallest absolute Gasteiger partial charge is 0.0860 e. The third kappa shape index (κ3) is 2.90. The van der Waals surface area contributed by atoms with E-state index in [2.05, 4.69) is 24.4 Å². The molecule has 0 heterocycles. The van der Waals surface area contributed by atoms with Crippen molar-refractivity contribution >= 4 is 11.4 Å². The first-order valence-electron chi connectivity index (χ1n) is 6.12. The van der Waals surface area contributed by atoms with Gasteiger partial charge in [0.25, 0.3) is 0 Å². The van der Waals surface area contributed by atoms with Gasteiger partial charge in [0.2, 0.25) is 0 Å². The van der Waals surface area contributed by atoms with Crippen LogP contribution in [0.15, 0.2) is 48.5 Å². The lowest BCUT2D eigenvalue weighted by Crippen LogP contribution is -2.17. The summed E-state index contributed by atoms with van der Waals surface area (Å²) in [7, 11) is 0. The molecule has 0 saturated heterocycles. The van der Waals surface area contributed by atoms with Gasteiger partial charge < -0.3 is 10.4 Å². The molecule has 0 aliphatic carbocycles. The third-order valence-electron chi connectivity index (χ3n) is 2.92. The Bertz CT molecular complexity index is 524. The highest BCUT2D eigenvalue weighted by molar-refractivity contribution is 5.64. The zero-order valence-corrected chi connectivity index (χ0v) is 11.1. The molecule has 0 fully saturated rings. The molecule has 0 atom stereocenters. The number of anilines is 2. The van der Waals surface area contributed by atoms with Crippen LogP contribution in [0.3, 0.4) is 0 Å². The molecule has 0 bridgehead atoms. The van der Waals surface area contributed by atoms with Crippen molar-refractivity contribution in [1.29, 1.82) is 0 Å². The molecule has 0 aliphatic heterocycles. The summed E-state index contributed by atoms with van der Waals surface area (Å²) in [5.41, 5.74) is 3.24. The lowest BCUT2D eigenvalue weighted by molar-refractivity contribution is 0.0794. The molecule has 0 spiro atoms. The van der Waals surface area contributed by atoms with Gasteiger partial charge >= 0.3 is 0 Å². The van der Waals surface area contributed by atoms with Crippen LogP contribution in [0.25, 0.3) is 0 Å². The molecule has 0 aromatic heterocycles. The number of aliphatic hydroxyl groups is 1. The highest BCUT2D eigenvalue weighted by atomic mass is 16.3. The number of benzene rings is 2. The van der Waals surface area contributed by atoms with Gasteiger partial charge in [0.15, 0.2) is 0 Å². The van der Waals surface area contributed by atoms with Crippen LogP contribution < -0.4 is 5.32 Å². The minimum absolute atomic E-state index is 0.853. The van der Waals surface area contributed by atoms with E-state index < -0.39 is 5.60 Å². The SMILES string of the molecule is Cc1ccc(Nc2ccccc2C(C)(C)O)cc1. The van der Waals surface area contributed by atoms with Gasteiger partial charge in [0.1, 0.15) is 0 Å². The van der Waals surface area contributed by atoms with E-state index in [0.29, 0.717) is 0 Å². The van der Waals surface area contributed by atoms with Gasteiger partial charge in [-0.1, -0.05) is 35.9 Å². The van der Waals surface area contributed by atoms with Gasteiger partial charge in [0.05, 0.1) is 5.60 Å². The first-order chi connectivity index (χ1) is 8.47. The third-order valence-corrected chi connectivity index (χ3v) is 2.92. The Labute approximate surface area is 108 Å². The molecule has 0 amide bonds. The van der Waals surface area contributed by atoms with Crippen molar-refractivity contribution < 1.29 is 5.11 Å². The summed E-state index contributed by atoms with van der Waals surface area (Å²) in [4.78, 5) is 0. The van der Waals surface area contributed by atoms with Crippen LogP contribution in [0.2, 0.25) is 0 Å². The maximum Gasteiger partial charge on any atom is 0.0860 e. The monoisotopic (exact) mass is 241 g/mol. The zero-order valence-electron chi connectivity index (χ0n) is 11.1. The first kappa shape index (κ1) is 12.7. The molecule has 94 valence electrons. The topological polar surface area (TPSA) is 32.3 Å². The fraction of sp³-hybridized carbons (Fsp3) is 0.250. The van der Waals surface area contributed by atoms with Crippen LogP contribution in [-0.2, 0) is 5.60 Å². The van der Waals surface area contributed by atoms with E-state index in [0.717, 1.165) is 16.9 Å². The molecule has 2 aromatic rings. The van der Waals surface area contributed by atoms with Gasteiger partial charge in [-0.3, -0.25) is 0 Å². The lowest BCUT2D eigenvalue weighted by Gasteiger charge is -2.22. The van der Waals surface area contributed by atoms with Crippen molar-refractivity contribution in [1.82, 2.24) is 0 Å². The van der Waals surface area contributed by atoms with E-state index in [-0.39, 0.29) is 0 Å². The molecule has 2 N–H and O–H groups in total. The molecule has 0 radical (unpaired) electrons. The predicted molar refractivity (Wildman–Crippen MR) is 76.1 cm³/mol. The minimum Gasteiger partial charge on any atom is -0.386 e. The second-order valence-electron chi connectivity index (χ2n) is 5.10. The zero-order chi connectivity index (χ0) is 13.2. The van der Waals surface area contributed by atoms with E-state index in [4.69, 9.17) is 0 Å². The van der Waals surface area contributed by atoms with Gasteiger partial charge in [-0.15, -0.1) is 0 Å². The van der Waals surface area contributed by atoms with Crippen molar-refractivity contribution in [2.45, 2.75) is 26.4 Å². The number of aryl methyl sites for hydroxylation is 1. The van der Waals surface area contributed by atoms with E-state index in [1.54, 1.807) is 13.8 Å². The van der Waals surface area contributed by atoms with E-state index in [1.807, 2.05) is 36.4 Å². The molecular formula is C16H19NO. The average molecular weight is 241 g/mol. The predicted octanol–water partition coefficient (Wildman–Crippen LogP) is 3.97. The molecule has 18 heavy (non-hydrogen) atoms. The normalized spacial score (nSPS) is 11.3. The molecule has 2 nitrogen and oxygen atoms in total. The number of nitrogens with one attached hydrogen (secondary N) is 1. The summed E-state index contributed by atoms with van der Waals surface area (Å²) in [6, 6.07) is 16.0. The van der Waals surface area contributed by atoms with E-state index in [1.165, 1.54) is 5.56 Å². The van der Waals surface area contributed by atoms with Crippen LogP contribution in [0.4, 0.5) is 11.4 Å². The minimum atomic E-state index is -0.853. The van der Waals surface area contributed by atoms with Crippen molar-refractivity contribution in [3.05, 3.63) is 59.7 Å². The number of rotatable bonds is 3. The van der Waals surface area contributed by atoms with Crippen molar-refractivity contribution in [3.63, 3.8) is 0 Å². The molecule has 2 heteroatoms. The van der Waals surface area contributed by atoms with Crippen LogP contribution in [-0.4, -0.2) is 5.11 Å². The summed E-state index contributed by atoms with van der Waals surface area (Å²) >= 11 is 0. The molecule has 2 rings (SSSR count). The largest absolute Gasteiger partial charge is 0.386 e. The fourth-order valence-corrected chi connectivity index (χ4v) is 1.92. The highest BCUT2D eigenvalue weighted by Crippen LogP contribution is 2.29. The summed E-state index contributed by atoms with van der Waals surface area (Å²) in [6.45, 7) is 5.65. The number of hydrogen-bond acceptors (Lipinski definition) is 2. The van der Waals surface area contributed by atoms with Crippen LogP contribution in [0.1, 0.15) is 25.0 Å². The lowest BCUT2D eigenvalue weighted by atomic mass is 9.96. The Hall–Kier alpha value is -1.80. The molecule has 0 aliphatic rings. The standard InChI is InChI=1S/C16H19NO/c1-12-8-10-13(11-9-12)17-15-7-5-4-6-14(15)16(2,3)18/h4-11,17-18H,1-3H3. The van der Waals surface area contributed by atoms with Crippen molar-refractivity contribution in [3.8, 4) is 0 Å². The summed E-state index contributed by atoms with van der Waals surface area (Å²) in [5.74, 6) is 0. The molecular weight excluding hydrogens is 222 g/mol. The maximum absolute atomic E-state index is 10.2. The first-order valence-corrected chi connectivity index (χ1v) is 6.12. The molecule has 2 aromatic carbocycles. The second-order valence-corrected chi connectivity index (χ2v) is 5.10. The van der Waals surface area contributed by atoms with Crippen LogP contribution in [0.5, 0.6) is 0 Å². The highest BCUT2D eigenvalue weighted by Gasteiger charge is 2.19. The quantitative estimate of drug-likeness (QED) is 0.852. The van der Waals surface area contributed by atoms with E-state index >= 15 is 0 Å². The Balaban J connectivity index is 2.32. The summed E-state index contributed by atoms with van der Waals surface area (Å²) in [6.07, 6.45) is 0. The van der Waals surface area contributed by atoms with Gasteiger partial charge in [-0.25, -0.2) is 0 Å². The average Bonchev–Trinajstić information content (AvgIpc) is 2.31. The summed E-state index contributed by atoms with van der Waals surface area (Å²) in [5, 5.41) is 13.5. The fourth-order valence-electron chi connectivity index (χ4n) is 1.92. The van der Waals surface area contributed by atoms with Crippen LogP contribution >= 0.6 is 0 Å². The Morgan fingerprint density at radius 3 is 2.17 bits per heavy atom. The summed E-state index contributed by atoms with van der Waals surface area (Å²) < 4.78 is 0. The van der Waals surface area contributed by atoms with Crippen LogP contribution in [0, 0.1) is 6.92 Å². The molecule has 0 saturated carbocycles. The van der Waals surface area contributed by atoms with Gasteiger partial charge in [0, 0.05) is 16.9 Å². The van der Waals surface area contributed by atoms with Crippen molar-refractivity contribution in [2.75, 3.05) is 5.32 Å². The number of hydrogen-bond donors (Lipinski definition) is 2. The van der Waals surface area contributed by atoms with E-state index in [9.17, 15) is 5.11 Å². The Morgan fingerprint density at radius 2 is 1.56 bits per heavy atom. The second kappa shape index (κ2) is 4.83. The molecule has 0 unspecified atom stereocenters. The van der Waals surface area contributed by atoms with Gasteiger partial charge in [-0.2, -0.15) is 0 Å².